The van der Waals surface area contributed by atoms with E-state index in [2.05, 4.69) is 39.0 Å². The molecule has 0 saturated heterocycles. The third-order valence-electron chi connectivity index (χ3n) is 3.42. The molecule has 0 bridgehead atoms. The van der Waals surface area contributed by atoms with Crippen LogP contribution < -0.4 is 5.32 Å². The molecular weight excluding hydrogens is 202 g/mol. The Kier molecular flexibility index (Phi) is 1.89. The van der Waals surface area contributed by atoms with Crippen LogP contribution in [0.25, 0.3) is 0 Å². The minimum Gasteiger partial charge on any atom is -0.346 e. The third kappa shape index (κ3) is 1.14. The normalized spacial score (nSPS) is 26.9. The van der Waals surface area contributed by atoms with Gasteiger partial charge in [-0.1, -0.05) is 6.92 Å². The summed E-state index contributed by atoms with van der Waals surface area (Å²) in [5, 5.41) is 3.47. The summed E-state index contributed by atoms with van der Waals surface area (Å²) < 4.78 is 0. The van der Waals surface area contributed by atoms with Gasteiger partial charge in [0.2, 0.25) is 0 Å². The standard InChI is InChI=1S/C11H15N5/c1-3-11(2)15-9-8(12-4-5-13-9)10-14-6-7-16(10)11/h4-5H,3,6-7H2,1-2H3,(H,13,15)/t11-/m1/s1. The number of amidine groups is 1. The molecule has 1 aromatic rings. The lowest BCUT2D eigenvalue weighted by molar-refractivity contribution is 0.229. The molecule has 0 unspecified atom stereocenters. The molecule has 2 aliphatic heterocycles. The number of hydrogen-bond donors (Lipinski definition) is 1. The van der Waals surface area contributed by atoms with Gasteiger partial charge < -0.3 is 10.2 Å². The minimum absolute atomic E-state index is 0.0850. The summed E-state index contributed by atoms with van der Waals surface area (Å²) >= 11 is 0. The van der Waals surface area contributed by atoms with E-state index in [0.29, 0.717) is 0 Å². The van der Waals surface area contributed by atoms with Crippen LogP contribution in [0, 0.1) is 0 Å². The maximum atomic E-state index is 4.54. The molecule has 0 saturated carbocycles. The average molecular weight is 217 g/mol. The van der Waals surface area contributed by atoms with Crippen LogP contribution in [-0.4, -0.2) is 39.5 Å². The second kappa shape index (κ2) is 3.17. The van der Waals surface area contributed by atoms with E-state index < -0.39 is 0 Å². The first-order valence-corrected chi connectivity index (χ1v) is 5.66. The summed E-state index contributed by atoms with van der Waals surface area (Å²) in [7, 11) is 0. The molecule has 3 heterocycles. The van der Waals surface area contributed by atoms with Crippen molar-refractivity contribution in [2.45, 2.75) is 25.9 Å². The van der Waals surface area contributed by atoms with Gasteiger partial charge in [0, 0.05) is 18.9 Å². The second-order valence-electron chi connectivity index (χ2n) is 4.36. The molecular formula is C11H15N5. The summed E-state index contributed by atoms with van der Waals surface area (Å²) in [6, 6.07) is 0. The molecule has 0 aromatic carbocycles. The quantitative estimate of drug-likeness (QED) is 0.765. The zero-order valence-corrected chi connectivity index (χ0v) is 9.56. The van der Waals surface area contributed by atoms with E-state index in [-0.39, 0.29) is 5.66 Å². The molecule has 0 fully saturated rings. The SMILES string of the molecule is CC[C@]1(C)Nc2nccnc2C2=NCCN21. The predicted molar refractivity (Wildman–Crippen MR) is 62.5 cm³/mol. The highest BCUT2D eigenvalue weighted by Gasteiger charge is 2.41. The minimum atomic E-state index is -0.0850. The van der Waals surface area contributed by atoms with Gasteiger partial charge in [0.05, 0.1) is 6.54 Å². The van der Waals surface area contributed by atoms with E-state index in [4.69, 9.17) is 0 Å². The largest absolute Gasteiger partial charge is 0.346 e. The smallest absolute Gasteiger partial charge is 0.157 e. The molecule has 1 N–H and O–H groups in total. The van der Waals surface area contributed by atoms with Crippen molar-refractivity contribution in [3.63, 3.8) is 0 Å². The molecule has 16 heavy (non-hydrogen) atoms. The van der Waals surface area contributed by atoms with Gasteiger partial charge in [-0.2, -0.15) is 0 Å². The van der Waals surface area contributed by atoms with Gasteiger partial charge in [-0.15, -0.1) is 0 Å². The molecule has 2 aliphatic rings. The van der Waals surface area contributed by atoms with Crippen molar-refractivity contribution in [2.24, 2.45) is 4.99 Å². The summed E-state index contributed by atoms with van der Waals surface area (Å²) in [5.74, 6) is 1.84. The van der Waals surface area contributed by atoms with Gasteiger partial charge in [0.25, 0.3) is 0 Å². The van der Waals surface area contributed by atoms with Gasteiger partial charge in [-0.25, -0.2) is 9.97 Å². The summed E-state index contributed by atoms with van der Waals surface area (Å²) in [6.45, 7) is 6.17. The van der Waals surface area contributed by atoms with Crippen molar-refractivity contribution in [3.05, 3.63) is 18.1 Å². The van der Waals surface area contributed by atoms with Crippen LogP contribution in [0.2, 0.25) is 0 Å². The van der Waals surface area contributed by atoms with Crippen LogP contribution in [0.15, 0.2) is 17.4 Å². The highest BCUT2D eigenvalue weighted by molar-refractivity contribution is 6.04. The number of fused-ring (bicyclic) bond motifs is 3. The topological polar surface area (TPSA) is 53.4 Å². The lowest BCUT2D eigenvalue weighted by Gasteiger charge is -2.44. The Labute approximate surface area is 94.6 Å². The third-order valence-corrected chi connectivity index (χ3v) is 3.42. The van der Waals surface area contributed by atoms with Gasteiger partial charge >= 0.3 is 0 Å². The molecule has 3 rings (SSSR count). The average Bonchev–Trinajstić information content (AvgIpc) is 2.79. The van der Waals surface area contributed by atoms with Gasteiger partial charge in [0.15, 0.2) is 11.7 Å². The molecule has 1 aromatic heterocycles. The van der Waals surface area contributed by atoms with E-state index >= 15 is 0 Å². The monoisotopic (exact) mass is 217 g/mol. The van der Waals surface area contributed by atoms with Crippen LogP contribution in [0.5, 0.6) is 0 Å². The zero-order valence-electron chi connectivity index (χ0n) is 9.56. The second-order valence-corrected chi connectivity index (χ2v) is 4.36. The molecule has 0 amide bonds. The van der Waals surface area contributed by atoms with E-state index in [1.807, 2.05) is 0 Å². The van der Waals surface area contributed by atoms with Crippen molar-refractivity contribution < 1.29 is 0 Å². The number of nitrogens with one attached hydrogen (secondary N) is 1. The van der Waals surface area contributed by atoms with E-state index in [0.717, 1.165) is 36.9 Å². The molecule has 5 nitrogen and oxygen atoms in total. The van der Waals surface area contributed by atoms with E-state index in [1.165, 1.54) is 0 Å². The lowest BCUT2D eigenvalue weighted by Crippen LogP contribution is -2.57. The number of aromatic nitrogens is 2. The molecule has 0 aliphatic carbocycles. The summed E-state index contributed by atoms with van der Waals surface area (Å²) in [4.78, 5) is 15.5. The van der Waals surface area contributed by atoms with Crippen molar-refractivity contribution >= 4 is 11.7 Å². The van der Waals surface area contributed by atoms with Crippen LogP contribution in [0.1, 0.15) is 26.0 Å². The van der Waals surface area contributed by atoms with Crippen LogP contribution >= 0.6 is 0 Å². The molecule has 0 radical (unpaired) electrons. The zero-order chi connectivity index (χ0) is 11.2. The molecule has 1 atom stereocenters. The van der Waals surface area contributed by atoms with Crippen LogP contribution in [-0.2, 0) is 0 Å². The number of hydrogen-bond acceptors (Lipinski definition) is 5. The Morgan fingerprint density at radius 3 is 3.06 bits per heavy atom. The Balaban J connectivity index is 2.15. The summed E-state index contributed by atoms with van der Waals surface area (Å²) in [5.41, 5.74) is 0.796. The summed E-state index contributed by atoms with van der Waals surface area (Å²) in [6.07, 6.45) is 4.43. The predicted octanol–water partition coefficient (Wildman–Crippen LogP) is 1.09. The first-order chi connectivity index (χ1) is 7.74. The Morgan fingerprint density at radius 1 is 1.44 bits per heavy atom. The van der Waals surface area contributed by atoms with Crippen molar-refractivity contribution in [3.8, 4) is 0 Å². The van der Waals surface area contributed by atoms with Gasteiger partial charge in [-0.3, -0.25) is 4.99 Å². The first-order valence-electron chi connectivity index (χ1n) is 5.66. The fourth-order valence-electron chi connectivity index (χ4n) is 2.33. The number of nitrogens with zero attached hydrogens (tertiary/aromatic N) is 4. The number of anilines is 1. The van der Waals surface area contributed by atoms with E-state index in [9.17, 15) is 0 Å². The maximum Gasteiger partial charge on any atom is 0.157 e. The number of aliphatic imine (C=N–C) groups is 1. The van der Waals surface area contributed by atoms with Crippen molar-refractivity contribution in [1.82, 2.24) is 14.9 Å². The molecule has 5 heteroatoms. The Morgan fingerprint density at radius 2 is 2.25 bits per heavy atom. The van der Waals surface area contributed by atoms with Crippen molar-refractivity contribution in [2.75, 3.05) is 18.4 Å². The fourth-order valence-corrected chi connectivity index (χ4v) is 2.33. The van der Waals surface area contributed by atoms with E-state index in [1.54, 1.807) is 12.4 Å². The van der Waals surface area contributed by atoms with Crippen LogP contribution in [0.4, 0.5) is 5.82 Å². The lowest BCUT2D eigenvalue weighted by atomic mass is 10.0. The molecule has 84 valence electrons. The highest BCUT2D eigenvalue weighted by Crippen LogP contribution is 2.32. The molecule has 0 spiro atoms. The Hall–Kier alpha value is -1.65. The van der Waals surface area contributed by atoms with Crippen LogP contribution in [0.3, 0.4) is 0 Å². The fraction of sp³-hybridized carbons (Fsp3) is 0.545. The van der Waals surface area contributed by atoms with Gasteiger partial charge in [-0.05, 0) is 13.3 Å². The van der Waals surface area contributed by atoms with Crippen molar-refractivity contribution in [1.29, 1.82) is 0 Å². The first kappa shape index (κ1) is 9.57. The Bertz CT molecular complexity index is 455. The maximum absolute atomic E-state index is 4.54. The van der Waals surface area contributed by atoms with Gasteiger partial charge in [0.1, 0.15) is 11.4 Å². The highest BCUT2D eigenvalue weighted by atomic mass is 15.4. The number of rotatable bonds is 1.